The largest absolute Gasteiger partial charge is 0.482 e. The second-order valence-electron chi connectivity index (χ2n) is 7.98. The molecule has 1 N–H and O–H groups in total. The van der Waals surface area contributed by atoms with Crippen molar-refractivity contribution >= 4 is 28.3 Å². The van der Waals surface area contributed by atoms with Crippen LogP contribution in [0.25, 0.3) is 10.8 Å². The van der Waals surface area contributed by atoms with E-state index in [0.717, 1.165) is 10.8 Å². The van der Waals surface area contributed by atoms with Gasteiger partial charge >= 0.3 is 5.97 Å². The minimum atomic E-state index is -0.720. The lowest BCUT2D eigenvalue weighted by Gasteiger charge is -2.24. The van der Waals surface area contributed by atoms with Crippen LogP contribution in [0.5, 0.6) is 11.5 Å². The standard InChI is InChI=1S/C28H24N2O6/c1-2-25(31)29-28(20-12-15-21(16-13-20)30(33)34)27-23-11-7-6-8-19(23)14-17-24(27)36-26(32)18-35-22-9-4-3-5-10-22/h3-17,28H,2,18H2,1H3,(H,29,31)/t28-/m1/s1. The summed E-state index contributed by atoms with van der Waals surface area (Å²) < 4.78 is 11.3. The van der Waals surface area contributed by atoms with Gasteiger partial charge in [0.25, 0.3) is 5.69 Å². The maximum Gasteiger partial charge on any atom is 0.349 e. The van der Waals surface area contributed by atoms with Crippen molar-refractivity contribution in [1.82, 2.24) is 5.32 Å². The second kappa shape index (κ2) is 11.1. The van der Waals surface area contributed by atoms with E-state index in [1.807, 2.05) is 36.4 Å². The number of non-ortho nitro benzene ring substituents is 1. The predicted molar refractivity (Wildman–Crippen MR) is 135 cm³/mol. The molecule has 0 unspecified atom stereocenters. The molecule has 36 heavy (non-hydrogen) atoms. The third-order valence-electron chi connectivity index (χ3n) is 5.61. The van der Waals surface area contributed by atoms with Crippen molar-refractivity contribution in [3.63, 3.8) is 0 Å². The van der Waals surface area contributed by atoms with Crippen molar-refractivity contribution in [2.45, 2.75) is 19.4 Å². The summed E-state index contributed by atoms with van der Waals surface area (Å²) in [4.78, 5) is 35.9. The molecule has 4 aromatic rings. The molecule has 1 amide bonds. The van der Waals surface area contributed by atoms with Crippen molar-refractivity contribution in [2.24, 2.45) is 0 Å². The van der Waals surface area contributed by atoms with E-state index in [4.69, 9.17) is 9.47 Å². The fourth-order valence-electron chi connectivity index (χ4n) is 3.85. The molecule has 0 heterocycles. The van der Waals surface area contributed by atoms with E-state index in [9.17, 15) is 19.7 Å². The second-order valence-corrected chi connectivity index (χ2v) is 7.98. The van der Waals surface area contributed by atoms with Crippen LogP contribution in [0.4, 0.5) is 5.69 Å². The number of fused-ring (bicyclic) bond motifs is 1. The number of carbonyl (C=O) groups is 2. The van der Waals surface area contributed by atoms with Gasteiger partial charge in [-0.15, -0.1) is 0 Å². The van der Waals surface area contributed by atoms with Crippen LogP contribution in [0.2, 0.25) is 0 Å². The van der Waals surface area contributed by atoms with Gasteiger partial charge in [0.15, 0.2) is 6.61 Å². The van der Waals surface area contributed by atoms with E-state index >= 15 is 0 Å². The molecule has 0 aromatic heterocycles. The van der Waals surface area contributed by atoms with Crippen LogP contribution >= 0.6 is 0 Å². The number of esters is 1. The molecular formula is C28H24N2O6. The van der Waals surface area contributed by atoms with E-state index in [2.05, 4.69) is 5.32 Å². The van der Waals surface area contributed by atoms with Gasteiger partial charge in [-0.05, 0) is 46.7 Å². The lowest BCUT2D eigenvalue weighted by atomic mass is 9.92. The molecule has 4 rings (SSSR count). The van der Waals surface area contributed by atoms with Crippen molar-refractivity contribution in [2.75, 3.05) is 6.61 Å². The first-order valence-electron chi connectivity index (χ1n) is 11.4. The minimum Gasteiger partial charge on any atom is -0.482 e. The van der Waals surface area contributed by atoms with E-state index in [1.54, 1.807) is 49.4 Å². The van der Waals surface area contributed by atoms with Crippen LogP contribution < -0.4 is 14.8 Å². The van der Waals surface area contributed by atoms with E-state index in [0.29, 0.717) is 16.9 Å². The molecule has 0 aliphatic rings. The van der Waals surface area contributed by atoms with Gasteiger partial charge in [0.05, 0.1) is 11.0 Å². The molecule has 0 aliphatic heterocycles. The van der Waals surface area contributed by atoms with Crippen LogP contribution in [-0.4, -0.2) is 23.4 Å². The van der Waals surface area contributed by atoms with E-state index in [-0.39, 0.29) is 30.4 Å². The van der Waals surface area contributed by atoms with Gasteiger partial charge in [-0.3, -0.25) is 14.9 Å². The minimum absolute atomic E-state index is 0.0676. The number of nitrogens with one attached hydrogen (secondary N) is 1. The Morgan fingerprint density at radius 3 is 2.31 bits per heavy atom. The molecule has 0 bridgehead atoms. The Labute approximate surface area is 207 Å². The van der Waals surface area contributed by atoms with Crippen molar-refractivity contribution in [1.29, 1.82) is 0 Å². The van der Waals surface area contributed by atoms with Crippen LogP contribution in [0, 0.1) is 10.1 Å². The summed E-state index contributed by atoms with van der Waals surface area (Å²) in [5, 5.41) is 15.8. The van der Waals surface area contributed by atoms with Crippen LogP contribution in [0.15, 0.2) is 91.0 Å². The molecule has 0 aliphatic carbocycles. The zero-order valence-corrected chi connectivity index (χ0v) is 19.5. The zero-order valence-electron chi connectivity index (χ0n) is 19.5. The number of hydrogen-bond donors (Lipinski definition) is 1. The van der Waals surface area contributed by atoms with Crippen molar-refractivity contribution in [3.05, 3.63) is 112 Å². The summed E-state index contributed by atoms with van der Waals surface area (Å²) >= 11 is 0. The van der Waals surface area contributed by atoms with Gasteiger partial charge in [-0.25, -0.2) is 4.79 Å². The number of nitro groups is 1. The first kappa shape index (κ1) is 24.4. The lowest BCUT2D eigenvalue weighted by molar-refractivity contribution is -0.384. The van der Waals surface area contributed by atoms with Gasteiger partial charge in [0, 0.05) is 24.1 Å². The Bertz CT molecular complexity index is 1390. The number of carbonyl (C=O) groups excluding carboxylic acids is 2. The summed E-state index contributed by atoms with van der Waals surface area (Å²) in [5.41, 5.74) is 1.11. The molecule has 4 aromatic carbocycles. The average Bonchev–Trinajstić information content (AvgIpc) is 2.91. The number of hydrogen-bond acceptors (Lipinski definition) is 6. The summed E-state index contributed by atoms with van der Waals surface area (Å²) in [6, 6.07) is 25.2. The first-order chi connectivity index (χ1) is 17.5. The maximum absolute atomic E-state index is 12.7. The molecule has 8 heteroatoms. The van der Waals surface area contributed by atoms with Crippen molar-refractivity contribution in [3.8, 4) is 11.5 Å². The number of ether oxygens (including phenoxy) is 2. The highest BCUT2D eigenvalue weighted by atomic mass is 16.6. The molecule has 1 atom stereocenters. The molecule has 0 spiro atoms. The SMILES string of the molecule is CCC(=O)N[C@H](c1ccc([N+](=O)[O-])cc1)c1c(OC(=O)COc2ccccc2)ccc2ccccc12. The fraction of sp³-hybridized carbons (Fsp3) is 0.143. The summed E-state index contributed by atoms with van der Waals surface area (Å²) in [5.74, 6) is -0.0436. The topological polar surface area (TPSA) is 108 Å². The Balaban J connectivity index is 1.74. The number of para-hydroxylation sites is 1. The third kappa shape index (κ3) is 5.67. The third-order valence-corrected chi connectivity index (χ3v) is 5.61. The highest BCUT2D eigenvalue weighted by Gasteiger charge is 2.25. The number of nitrogens with zero attached hydrogens (tertiary/aromatic N) is 1. The quantitative estimate of drug-likeness (QED) is 0.149. The molecule has 182 valence electrons. The lowest BCUT2D eigenvalue weighted by Crippen LogP contribution is -2.29. The number of benzene rings is 4. The van der Waals surface area contributed by atoms with Gasteiger partial charge in [-0.1, -0.05) is 55.5 Å². The van der Waals surface area contributed by atoms with Crippen molar-refractivity contribution < 1.29 is 24.0 Å². The first-order valence-corrected chi connectivity index (χ1v) is 11.4. The molecule has 8 nitrogen and oxygen atoms in total. The smallest absolute Gasteiger partial charge is 0.349 e. The molecule has 0 saturated carbocycles. The zero-order chi connectivity index (χ0) is 25.5. The van der Waals surface area contributed by atoms with Gasteiger partial charge in [-0.2, -0.15) is 0 Å². The van der Waals surface area contributed by atoms with Crippen LogP contribution in [0.3, 0.4) is 0 Å². The van der Waals surface area contributed by atoms with Gasteiger partial charge in [0.1, 0.15) is 11.5 Å². The molecule has 0 saturated heterocycles. The molecule has 0 radical (unpaired) electrons. The highest BCUT2D eigenvalue weighted by Crippen LogP contribution is 2.37. The number of amides is 1. The Kier molecular flexibility index (Phi) is 7.55. The average molecular weight is 485 g/mol. The van der Waals surface area contributed by atoms with Gasteiger partial charge < -0.3 is 14.8 Å². The normalized spacial score (nSPS) is 11.5. The summed E-state index contributed by atoms with van der Waals surface area (Å²) in [6.45, 7) is 1.42. The van der Waals surface area contributed by atoms with E-state index < -0.39 is 16.9 Å². The highest BCUT2D eigenvalue weighted by molar-refractivity contribution is 5.90. The number of rotatable bonds is 9. The van der Waals surface area contributed by atoms with Crippen LogP contribution in [-0.2, 0) is 9.59 Å². The van der Waals surface area contributed by atoms with Gasteiger partial charge in [0.2, 0.25) is 5.91 Å². The van der Waals surface area contributed by atoms with Crippen LogP contribution in [0.1, 0.15) is 30.5 Å². The Hall–Kier alpha value is -4.72. The molecular weight excluding hydrogens is 460 g/mol. The summed E-state index contributed by atoms with van der Waals surface area (Å²) in [7, 11) is 0. The molecule has 0 fully saturated rings. The fourth-order valence-corrected chi connectivity index (χ4v) is 3.85. The number of nitro benzene ring substituents is 1. The monoisotopic (exact) mass is 484 g/mol. The Morgan fingerprint density at radius 1 is 0.917 bits per heavy atom. The predicted octanol–water partition coefficient (Wildman–Crippen LogP) is 5.35. The maximum atomic E-state index is 12.7. The summed E-state index contributed by atoms with van der Waals surface area (Å²) in [6.07, 6.45) is 0.230. The Morgan fingerprint density at radius 2 is 1.61 bits per heavy atom. The van der Waals surface area contributed by atoms with E-state index in [1.165, 1.54) is 12.1 Å².